The Morgan fingerprint density at radius 3 is 2.50 bits per heavy atom. The molecule has 106 valence electrons. The van der Waals surface area contributed by atoms with Gasteiger partial charge in [-0.3, -0.25) is 4.68 Å². The quantitative estimate of drug-likeness (QED) is 0.931. The minimum absolute atomic E-state index is 0.0755. The first-order valence-corrected chi connectivity index (χ1v) is 7.11. The van der Waals surface area contributed by atoms with Gasteiger partial charge < -0.3 is 10.5 Å². The summed E-state index contributed by atoms with van der Waals surface area (Å²) >= 11 is 0. The summed E-state index contributed by atoms with van der Waals surface area (Å²) in [6.07, 6.45) is 3.83. The van der Waals surface area contributed by atoms with Crippen molar-refractivity contribution < 1.29 is 4.74 Å². The highest BCUT2D eigenvalue weighted by Crippen LogP contribution is 2.43. The number of aromatic nitrogens is 2. The van der Waals surface area contributed by atoms with Gasteiger partial charge in [0.2, 0.25) is 0 Å². The number of ether oxygens (including phenoxy) is 1. The molecule has 1 aliphatic rings. The summed E-state index contributed by atoms with van der Waals surface area (Å²) < 4.78 is 7.37. The van der Waals surface area contributed by atoms with Crippen molar-refractivity contribution in [3.63, 3.8) is 0 Å². The van der Waals surface area contributed by atoms with Gasteiger partial charge in [0.25, 0.3) is 0 Å². The van der Waals surface area contributed by atoms with Crippen LogP contribution in [0, 0.1) is 0 Å². The van der Waals surface area contributed by atoms with E-state index in [1.54, 1.807) is 0 Å². The molecule has 2 heterocycles. The first-order chi connectivity index (χ1) is 9.72. The number of aryl methyl sites for hydroxylation is 1. The highest BCUT2D eigenvalue weighted by atomic mass is 16.5. The van der Waals surface area contributed by atoms with Gasteiger partial charge in [0.05, 0.1) is 11.7 Å². The fourth-order valence-corrected chi connectivity index (χ4v) is 3.17. The maximum Gasteiger partial charge on any atom is 0.0800 e. The average molecular weight is 271 g/mol. The second-order valence-corrected chi connectivity index (χ2v) is 5.53. The normalized spacial score (nSPS) is 19.7. The summed E-state index contributed by atoms with van der Waals surface area (Å²) in [5, 5.41) is 4.51. The summed E-state index contributed by atoms with van der Waals surface area (Å²) in [6.45, 7) is 1.52. The standard InChI is InChI=1S/C16H21N3O/c1-19-10-7-14(18-19)15(17)16(8-11-20-12-9-16)13-5-3-2-4-6-13/h2-7,10,15H,8-9,11-12,17H2,1H3. The maximum absolute atomic E-state index is 6.62. The van der Waals surface area contributed by atoms with E-state index in [0.717, 1.165) is 31.7 Å². The lowest BCUT2D eigenvalue weighted by Crippen LogP contribution is -2.43. The molecule has 2 aromatic rings. The second kappa shape index (κ2) is 5.38. The van der Waals surface area contributed by atoms with Crippen LogP contribution in [0.4, 0.5) is 0 Å². The number of nitrogens with zero attached hydrogens (tertiary/aromatic N) is 2. The Balaban J connectivity index is 2.01. The van der Waals surface area contributed by atoms with Crippen molar-refractivity contribution in [3.8, 4) is 0 Å². The molecule has 0 spiro atoms. The fraction of sp³-hybridized carbons (Fsp3) is 0.438. The zero-order valence-electron chi connectivity index (χ0n) is 11.8. The van der Waals surface area contributed by atoms with Gasteiger partial charge in [0.1, 0.15) is 0 Å². The molecule has 0 radical (unpaired) electrons. The van der Waals surface area contributed by atoms with E-state index in [2.05, 4.69) is 29.4 Å². The van der Waals surface area contributed by atoms with E-state index in [0.29, 0.717) is 0 Å². The van der Waals surface area contributed by atoms with Crippen LogP contribution < -0.4 is 5.73 Å². The molecule has 4 heteroatoms. The molecule has 1 atom stereocenters. The third-order valence-corrected chi connectivity index (χ3v) is 4.38. The monoisotopic (exact) mass is 271 g/mol. The van der Waals surface area contributed by atoms with Gasteiger partial charge in [0, 0.05) is 31.9 Å². The van der Waals surface area contributed by atoms with Gasteiger partial charge in [0.15, 0.2) is 0 Å². The molecule has 20 heavy (non-hydrogen) atoms. The lowest BCUT2D eigenvalue weighted by Gasteiger charge is -2.41. The first-order valence-electron chi connectivity index (χ1n) is 7.11. The highest BCUT2D eigenvalue weighted by Gasteiger charge is 2.41. The Hall–Kier alpha value is -1.65. The van der Waals surface area contributed by atoms with Gasteiger partial charge in [-0.25, -0.2) is 0 Å². The SMILES string of the molecule is Cn1ccc(C(N)C2(c3ccccc3)CCOCC2)n1. The third-order valence-electron chi connectivity index (χ3n) is 4.38. The number of rotatable bonds is 3. The van der Waals surface area contributed by atoms with Crippen molar-refractivity contribution in [1.29, 1.82) is 0 Å². The minimum Gasteiger partial charge on any atom is -0.381 e. The lowest BCUT2D eigenvalue weighted by molar-refractivity contribution is 0.0392. The molecule has 1 saturated heterocycles. The van der Waals surface area contributed by atoms with Gasteiger partial charge >= 0.3 is 0 Å². The summed E-state index contributed by atoms with van der Waals surface area (Å²) in [5.74, 6) is 0. The maximum atomic E-state index is 6.62. The topological polar surface area (TPSA) is 53.1 Å². The number of hydrogen-bond acceptors (Lipinski definition) is 3. The number of hydrogen-bond donors (Lipinski definition) is 1. The summed E-state index contributed by atoms with van der Waals surface area (Å²) in [7, 11) is 1.93. The van der Waals surface area contributed by atoms with Gasteiger partial charge in [-0.15, -0.1) is 0 Å². The Bertz CT molecular complexity index is 558. The molecular formula is C16H21N3O. The molecule has 0 saturated carbocycles. The van der Waals surface area contributed by atoms with Crippen LogP contribution in [0.2, 0.25) is 0 Å². The van der Waals surface area contributed by atoms with Crippen molar-refractivity contribution in [2.75, 3.05) is 13.2 Å². The Kier molecular flexibility index (Phi) is 3.59. The molecule has 1 unspecified atom stereocenters. The molecule has 3 rings (SSSR count). The number of nitrogens with two attached hydrogens (primary N) is 1. The Morgan fingerprint density at radius 1 is 1.20 bits per heavy atom. The van der Waals surface area contributed by atoms with Crippen LogP contribution in [-0.2, 0) is 17.2 Å². The Morgan fingerprint density at radius 2 is 1.90 bits per heavy atom. The van der Waals surface area contributed by atoms with Crippen LogP contribution in [0.5, 0.6) is 0 Å². The zero-order chi connectivity index (χ0) is 14.0. The number of benzene rings is 1. The summed E-state index contributed by atoms with van der Waals surface area (Å²) in [5.41, 5.74) is 8.79. The van der Waals surface area contributed by atoms with E-state index in [4.69, 9.17) is 10.5 Å². The van der Waals surface area contributed by atoms with Crippen LogP contribution in [0.15, 0.2) is 42.6 Å². The molecule has 0 aliphatic carbocycles. The lowest BCUT2D eigenvalue weighted by atomic mass is 9.68. The smallest absolute Gasteiger partial charge is 0.0800 e. The molecular weight excluding hydrogens is 250 g/mol. The highest BCUT2D eigenvalue weighted by molar-refractivity contribution is 5.31. The second-order valence-electron chi connectivity index (χ2n) is 5.53. The van der Waals surface area contributed by atoms with Crippen molar-refractivity contribution in [2.45, 2.75) is 24.3 Å². The van der Waals surface area contributed by atoms with E-state index < -0.39 is 0 Å². The average Bonchev–Trinajstić information content (AvgIpc) is 2.94. The van der Waals surface area contributed by atoms with Gasteiger partial charge in [-0.2, -0.15) is 5.10 Å². The van der Waals surface area contributed by atoms with E-state index in [-0.39, 0.29) is 11.5 Å². The van der Waals surface area contributed by atoms with Crippen LogP contribution in [0.3, 0.4) is 0 Å². The summed E-state index contributed by atoms with van der Waals surface area (Å²) in [6, 6.07) is 12.5. The largest absolute Gasteiger partial charge is 0.381 e. The van der Waals surface area contributed by atoms with Crippen molar-refractivity contribution in [2.24, 2.45) is 12.8 Å². The van der Waals surface area contributed by atoms with E-state index in [9.17, 15) is 0 Å². The molecule has 0 amide bonds. The fourth-order valence-electron chi connectivity index (χ4n) is 3.17. The van der Waals surface area contributed by atoms with E-state index in [1.165, 1.54) is 5.56 Å². The van der Waals surface area contributed by atoms with E-state index >= 15 is 0 Å². The molecule has 1 aromatic heterocycles. The van der Waals surface area contributed by atoms with Crippen LogP contribution in [0.1, 0.15) is 30.1 Å². The van der Waals surface area contributed by atoms with E-state index in [1.807, 2.05) is 30.1 Å². The van der Waals surface area contributed by atoms with Gasteiger partial charge in [-0.1, -0.05) is 30.3 Å². The molecule has 1 fully saturated rings. The predicted molar refractivity (Wildman–Crippen MR) is 78.3 cm³/mol. The zero-order valence-corrected chi connectivity index (χ0v) is 11.8. The third kappa shape index (κ3) is 2.25. The molecule has 1 aromatic carbocycles. The van der Waals surface area contributed by atoms with Crippen molar-refractivity contribution >= 4 is 0 Å². The van der Waals surface area contributed by atoms with Crippen molar-refractivity contribution in [3.05, 3.63) is 53.9 Å². The first kappa shape index (κ1) is 13.3. The van der Waals surface area contributed by atoms with Crippen LogP contribution in [-0.4, -0.2) is 23.0 Å². The predicted octanol–water partition coefficient (Wildman–Crippen LogP) is 2.17. The summed E-state index contributed by atoms with van der Waals surface area (Å²) in [4.78, 5) is 0. The van der Waals surface area contributed by atoms with Gasteiger partial charge in [-0.05, 0) is 24.5 Å². The van der Waals surface area contributed by atoms with Crippen LogP contribution in [0.25, 0.3) is 0 Å². The molecule has 0 bridgehead atoms. The molecule has 1 aliphatic heterocycles. The minimum atomic E-state index is -0.102. The Labute approximate surface area is 119 Å². The van der Waals surface area contributed by atoms with Crippen molar-refractivity contribution in [1.82, 2.24) is 9.78 Å². The van der Waals surface area contributed by atoms with Crippen LogP contribution >= 0.6 is 0 Å². The molecule has 4 nitrogen and oxygen atoms in total. The molecule has 2 N–H and O–H groups in total.